The van der Waals surface area contributed by atoms with E-state index in [1.807, 2.05) is 24.3 Å². The molecule has 0 aromatic heterocycles. The van der Waals surface area contributed by atoms with Crippen molar-refractivity contribution in [2.75, 3.05) is 33.4 Å². The second kappa shape index (κ2) is 8.98. The van der Waals surface area contributed by atoms with Crippen molar-refractivity contribution in [2.45, 2.75) is 25.5 Å². The quantitative estimate of drug-likeness (QED) is 0.784. The van der Waals surface area contributed by atoms with Crippen molar-refractivity contribution in [2.24, 2.45) is 0 Å². The van der Waals surface area contributed by atoms with E-state index in [1.54, 1.807) is 11.9 Å². The van der Waals surface area contributed by atoms with Crippen LogP contribution in [0.25, 0.3) is 0 Å². The van der Waals surface area contributed by atoms with Crippen molar-refractivity contribution in [1.82, 2.24) is 10.2 Å². The maximum atomic E-state index is 12.0. The number of ether oxygens (including phenoxy) is 2. The summed E-state index contributed by atoms with van der Waals surface area (Å²) in [6.07, 6.45) is 2.39. The van der Waals surface area contributed by atoms with Gasteiger partial charge < -0.3 is 19.7 Å². The van der Waals surface area contributed by atoms with Crippen LogP contribution in [0.15, 0.2) is 24.3 Å². The SMILES string of the molecule is CN(Cc1ccccc1Cl)C(=O)NCCOCC1CCCO1. The zero-order chi connectivity index (χ0) is 15.8. The summed E-state index contributed by atoms with van der Waals surface area (Å²) >= 11 is 6.09. The molecule has 1 aromatic rings. The molecule has 1 saturated heterocycles. The van der Waals surface area contributed by atoms with Crippen molar-refractivity contribution in [3.05, 3.63) is 34.9 Å². The van der Waals surface area contributed by atoms with Gasteiger partial charge in [0.05, 0.1) is 19.3 Å². The Hall–Kier alpha value is -1.30. The maximum Gasteiger partial charge on any atom is 0.317 e. The van der Waals surface area contributed by atoms with E-state index in [9.17, 15) is 4.79 Å². The van der Waals surface area contributed by atoms with Gasteiger partial charge in [-0.25, -0.2) is 4.79 Å². The van der Waals surface area contributed by atoms with E-state index < -0.39 is 0 Å². The van der Waals surface area contributed by atoms with Crippen LogP contribution in [0.3, 0.4) is 0 Å². The summed E-state index contributed by atoms with van der Waals surface area (Å²) < 4.78 is 11.0. The molecule has 122 valence electrons. The summed E-state index contributed by atoms with van der Waals surface area (Å²) in [5.41, 5.74) is 0.927. The Labute approximate surface area is 136 Å². The molecule has 5 nitrogen and oxygen atoms in total. The molecular weight excluding hydrogens is 304 g/mol. The number of hydrogen-bond acceptors (Lipinski definition) is 3. The predicted octanol–water partition coefficient (Wildman–Crippen LogP) is 2.68. The molecule has 1 fully saturated rings. The van der Waals surface area contributed by atoms with Gasteiger partial charge in [-0.15, -0.1) is 0 Å². The molecule has 1 atom stereocenters. The fourth-order valence-corrected chi connectivity index (χ4v) is 2.51. The lowest BCUT2D eigenvalue weighted by molar-refractivity contribution is 0.0186. The van der Waals surface area contributed by atoms with Gasteiger partial charge in [0.2, 0.25) is 0 Å². The van der Waals surface area contributed by atoms with E-state index in [0.717, 1.165) is 25.0 Å². The summed E-state index contributed by atoms with van der Waals surface area (Å²) in [5.74, 6) is 0. The molecule has 0 aliphatic carbocycles. The Balaban J connectivity index is 1.61. The van der Waals surface area contributed by atoms with Crippen LogP contribution in [0.1, 0.15) is 18.4 Å². The van der Waals surface area contributed by atoms with Gasteiger partial charge in [-0.3, -0.25) is 0 Å². The Bertz CT molecular complexity index is 478. The van der Waals surface area contributed by atoms with E-state index in [2.05, 4.69) is 5.32 Å². The smallest absolute Gasteiger partial charge is 0.317 e. The van der Waals surface area contributed by atoms with Crippen LogP contribution >= 0.6 is 11.6 Å². The van der Waals surface area contributed by atoms with Crippen molar-refractivity contribution >= 4 is 17.6 Å². The zero-order valence-electron chi connectivity index (χ0n) is 12.9. The minimum Gasteiger partial charge on any atom is -0.377 e. The van der Waals surface area contributed by atoms with Gasteiger partial charge in [-0.1, -0.05) is 29.8 Å². The standard InChI is InChI=1S/C16H23ClN2O3/c1-19(11-13-5-2-3-7-15(13)17)16(20)18-8-10-21-12-14-6-4-9-22-14/h2-3,5,7,14H,4,6,8-12H2,1H3,(H,18,20). The lowest BCUT2D eigenvalue weighted by atomic mass is 10.2. The number of benzene rings is 1. The summed E-state index contributed by atoms with van der Waals surface area (Å²) in [4.78, 5) is 13.6. The van der Waals surface area contributed by atoms with Gasteiger partial charge in [-0.05, 0) is 24.5 Å². The number of nitrogens with one attached hydrogen (secondary N) is 1. The normalized spacial score (nSPS) is 17.5. The molecule has 0 radical (unpaired) electrons. The summed E-state index contributed by atoms with van der Waals surface area (Å²) in [5, 5.41) is 3.49. The number of urea groups is 1. The highest BCUT2D eigenvalue weighted by molar-refractivity contribution is 6.31. The third-order valence-electron chi connectivity index (χ3n) is 3.56. The Morgan fingerprint density at radius 3 is 3.05 bits per heavy atom. The molecule has 2 amide bonds. The fraction of sp³-hybridized carbons (Fsp3) is 0.562. The minimum atomic E-state index is -0.138. The van der Waals surface area contributed by atoms with Gasteiger partial charge in [-0.2, -0.15) is 0 Å². The first kappa shape index (κ1) is 17.1. The Morgan fingerprint density at radius 1 is 1.50 bits per heavy atom. The molecule has 1 unspecified atom stereocenters. The predicted molar refractivity (Wildman–Crippen MR) is 86.1 cm³/mol. The van der Waals surface area contributed by atoms with Crippen LogP contribution in [-0.2, 0) is 16.0 Å². The van der Waals surface area contributed by atoms with Crippen molar-refractivity contribution < 1.29 is 14.3 Å². The highest BCUT2D eigenvalue weighted by atomic mass is 35.5. The molecule has 1 N–H and O–H groups in total. The first-order valence-electron chi connectivity index (χ1n) is 7.58. The van der Waals surface area contributed by atoms with Crippen molar-refractivity contribution in [3.8, 4) is 0 Å². The van der Waals surface area contributed by atoms with Gasteiger partial charge in [0.15, 0.2) is 0 Å². The highest BCUT2D eigenvalue weighted by Crippen LogP contribution is 2.16. The van der Waals surface area contributed by atoms with E-state index in [0.29, 0.717) is 31.3 Å². The monoisotopic (exact) mass is 326 g/mol. The molecule has 0 spiro atoms. The zero-order valence-corrected chi connectivity index (χ0v) is 13.6. The lowest BCUT2D eigenvalue weighted by Gasteiger charge is -2.19. The van der Waals surface area contributed by atoms with Gasteiger partial charge in [0, 0.05) is 31.8 Å². The number of hydrogen-bond donors (Lipinski definition) is 1. The molecule has 1 heterocycles. The Kier molecular flexibility index (Phi) is 6.96. The van der Waals surface area contributed by atoms with Crippen LogP contribution in [0, 0.1) is 0 Å². The molecule has 0 saturated carbocycles. The second-order valence-corrected chi connectivity index (χ2v) is 5.80. The van der Waals surface area contributed by atoms with E-state index in [4.69, 9.17) is 21.1 Å². The van der Waals surface area contributed by atoms with Gasteiger partial charge >= 0.3 is 6.03 Å². The summed E-state index contributed by atoms with van der Waals surface area (Å²) in [6, 6.07) is 7.38. The maximum absolute atomic E-state index is 12.0. The molecule has 2 rings (SSSR count). The third kappa shape index (κ3) is 5.48. The fourth-order valence-electron chi connectivity index (χ4n) is 2.31. The van der Waals surface area contributed by atoms with Crippen molar-refractivity contribution in [1.29, 1.82) is 0 Å². The molecule has 1 aliphatic heterocycles. The number of halogens is 1. The average molecular weight is 327 g/mol. The molecule has 22 heavy (non-hydrogen) atoms. The minimum absolute atomic E-state index is 0.138. The van der Waals surface area contributed by atoms with Crippen LogP contribution < -0.4 is 5.32 Å². The number of rotatable bonds is 7. The summed E-state index contributed by atoms with van der Waals surface area (Å²) in [7, 11) is 1.74. The molecule has 0 bridgehead atoms. The van der Waals surface area contributed by atoms with Gasteiger partial charge in [0.25, 0.3) is 0 Å². The topological polar surface area (TPSA) is 50.8 Å². The lowest BCUT2D eigenvalue weighted by Crippen LogP contribution is -2.38. The second-order valence-electron chi connectivity index (χ2n) is 5.39. The summed E-state index contributed by atoms with van der Waals surface area (Å²) in [6.45, 7) is 2.88. The van der Waals surface area contributed by atoms with E-state index >= 15 is 0 Å². The van der Waals surface area contributed by atoms with Crippen LogP contribution in [0.2, 0.25) is 5.02 Å². The molecule has 1 aromatic carbocycles. The average Bonchev–Trinajstić information content (AvgIpc) is 3.02. The first-order valence-corrected chi connectivity index (χ1v) is 7.96. The number of amides is 2. The van der Waals surface area contributed by atoms with E-state index in [-0.39, 0.29) is 12.1 Å². The largest absolute Gasteiger partial charge is 0.377 e. The van der Waals surface area contributed by atoms with Crippen LogP contribution in [0.4, 0.5) is 4.79 Å². The third-order valence-corrected chi connectivity index (χ3v) is 3.93. The number of carbonyl (C=O) groups excluding carboxylic acids is 1. The number of nitrogens with zero attached hydrogens (tertiary/aromatic N) is 1. The molecule has 6 heteroatoms. The van der Waals surface area contributed by atoms with E-state index in [1.165, 1.54) is 0 Å². The Morgan fingerprint density at radius 2 is 2.32 bits per heavy atom. The number of carbonyl (C=O) groups is 1. The molecular formula is C16H23ClN2O3. The molecule has 1 aliphatic rings. The van der Waals surface area contributed by atoms with Crippen molar-refractivity contribution in [3.63, 3.8) is 0 Å². The van der Waals surface area contributed by atoms with Crippen LogP contribution in [0.5, 0.6) is 0 Å². The van der Waals surface area contributed by atoms with Crippen LogP contribution in [-0.4, -0.2) is 50.4 Å². The highest BCUT2D eigenvalue weighted by Gasteiger charge is 2.15. The first-order chi connectivity index (χ1) is 10.7. The van der Waals surface area contributed by atoms with Gasteiger partial charge in [0.1, 0.15) is 0 Å².